The lowest BCUT2D eigenvalue weighted by atomic mass is 9.87. The highest BCUT2D eigenvalue weighted by Gasteiger charge is 2.36. The molecule has 18 heavy (non-hydrogen) atoms. The molecule has 0 spiro atoms. The highest BCUT2D eigenvalue weighted by Crippen LogP contribution is 2.37. The molecule has 0 bridgehead atoms. The van der Waals surface area contributed by atoms with Crippen LogP contribution in [0.15, 0.2) is 0 Å². The summed E-state index contributed by atoms with van der Waals surface area (Å²) in [5.41, 5.74) is -0.617. The minimum Gasteiger partial charge on any atom is -0.384 e. The third kappa shape index (κ3) is 3.95. The molecule has 1 saturated carbocycles. The topological polar surface area (TPSA) is 47.6 Å². The second-order valence-electron chi connectivity index (χ2n) is 5.77. The fraction of sp³-hybridized carbons (Fsp3) is 0.929. The van der Waals surface area contributed by atoms with Crippen molar-refractivity contribution in [3.8, 4) is 0 Å². The average Bonchev–Trinajstić information content (AvgIpc) is 2.75. The van der Waals surface area contributed by atoms with Gasteiger partial charge in [0, 0.05) is 25.7 Å². The van der Waals surface area contributed by atoms with Crippen molar-refractivity contribution in [2.45, 2.75) is 52.1 Å². The summed E-state index contributed by atoms with van der Waals surface area (Å²) >= 11 is 0. The molecule has 1 aliphatic carbocycles. The van der Waals surface area contributed by atoms with Gasteiger partial charge in [0.1, 0.15) is 5.60 Å². The van der Waals surface area contributed by atoms with Crippen LogP contribution in [-0.2, 0) is 14.3 Å². The predicted molar refractivity (Wildman–Crippen MR) is 71.5 cm³/mol. The zero-order valence-corrected chi connectivity index (χ0v) is 12.2. The van der Waals surface area contributed by atoms with E-state index in [9.17, 15) is 4.79 Å². The molecule has 0 radical (unpaired) electrons. The van der Waals surface area contributed by atoms with E-state index in [1.165, 1.54) is 12.8 Å². The smallest absolute Gasteiger partial charge is 0.251 e. The van der Waals surface area contributed by atoms with Crippen LogP contribution in [0.4, 0.5) is 0 Å². The summed E-state index contributed by atoms with van der Waals surface area (Å²) in [7, 11) is 1.73. The Morgan fingerprint density at radius 2 is 1.94 bits per heavy atom. The maximum absolute atomic E-state index is 12.1. The molecule has 0 saturated heterocycles. The number of amides is 1. The number of ether oxygens (including phenoxy) is 2. The Bertz CT molecular complexity index is 270. The molecule has 4 nitrogen and oxygen atoms in total. The van der Waals surface area contributed by atoms with Crippen LogP contribution in [0.3, 0.4) is 0 Å². The average molecular weight is 257 g/mol. The first-order valence-electron chi connectivity index (χ1n) is 6.87. The van der Waals surface area contributed by atoms with E-state index in [1.807, 2.05) is 20.8 Å². The highest BCUT2D eigenvalue weighted by atomic mass is 16.5. The van der Waals surface area contributed by atoms with Gasteiger partial charge in [0.15, 0.2) is 0 Å². The standard InChI is InChI=1S/C14H27NO3/c1-5-18-13(2,3)12(16)15-10-14(11-17-4)8-6-7-9-14/h5-11H2,1-4H3,(H,15,16). The predicted octanol–water partition coefficient (Wildman–Crippen LogP) is 2.12. The zero-order valence-electron chi connectivity index (χ0n) is 12.2. The van der Waals surface area contributed by atoms with Gasteiger partial charge in [-0.25, -0.2) is 0 Å². The van der Waals surface area contributed by atoms with Crippen molar-refractivity contribution in [1.82, 2.24) is 5.32 Å². The largest absolute Gasteiger partial charge is 0.384 e. The van der Waals surface area contributed by atoms with E-state index in [0.29, 0.717) is 13.2 Å². The molecule has 4 heteroatoms. The van der Waals surface area contributed by atoms with Crippen molar-refractivity contribution in [2.24, 2.45) is 5.41 Å². The van der Waals surface area contributed by atoms with E-state index < -0.39 is 5.60 Å². The molecule has 0 aliphatic heterocycles. The van der Waals surface area contributed by atoms with Gasteiger partial charge in [-0.05, 0) is 33.6 Å². The summed E-state index contributed by atoms with van der Waals surface area (Å²) in [5, 5.41) is 3.03. The zero-order chi connectivity index (χ0) is 13.6. The van der Waals surface area contributed by atoms with Gasteiger partial charge < -0.3 is 14.8 Å². The Kier molecular flexibility index (Phi) is 5.60. The Hall–Kier alpha value is -0.610. The van der Waals surface area contributed by atoms with Gasteiger partial charge in [0.25, 0.3) is 5.91 Å². The van der Waals surface area contributed by atoms with E-state index in [2.05, 4.69) is 5.32 Å². The lowest BCUT2D eigenvalue weighted by Crippen LogP contribution is -2.48. The van der Waals surface area contributed by atoms with E-state index in [-0.39, 0.29) is 11.3 Å². The van der Waals surface area contributed by atoms with Gasteiger partial charge in [0.2, 0.25) is 0 Å². The van der Waals surface area contributed by atoms with Crippen molar-refractivity contribution in [2.75, 3.05) is 26.9 Å². The van der Waals surface area contributed by atoms with Crippen molar-refractivity contribution >= 4 is 5.91 Å². The maximum Gasteiger partial charge on any atom is 0.251 e. The summed E-state index contributed by atoms with van der Waals surface area (Å²) in [6.45, 7) is 7.48. The van der Waals surface area contributed by atoms with Gasteiger partial charge in [-0.2, -0.15) is 0 Å². The Labute approximate surface area is 110 Å². The van der Waals surface area contributed by atoms with E-state index in [0.717, 1.165) is 19.4 Å². The fourth-order valence-electron chi connectivity index (χ4n) is 2.71. The Morgan fingerprint density at radius 3 is 2.44 bits per heavy atom. The van der Waals surface area contributed by atoms with Crippen molar-refractivity contribution in [3.63, 3.8) is 0 Å². The fourth-order valence-corrected chi connectivity index (χ4v) is 2.71. The van der Waals surface area contributed by atoms with Gasteiger partial charge in [-0.3, -0.25) is 4.79 Å². The van der Waals surface area contributed by atoms with Gasteiger partial charge in [-0.1, -0.05) is 12.8 Å². The van der Waals surface area contributed by atoms with Crippen LogP contribution in [0, 0.1) is 5.41 Å². The van der Waals surface area contributed by atoms with Crippen LogP contribution in [0.25, 0.3) is 0 Å². The molecular weight excluding hydrogens is 230 g/mol. The highest BCUT2D eigenvalue weighted by molar-refractivity contribution is 5.84. The number of carbonyl (C=O) groups excluding carboxylic acids is 1. The lowest BCUT2D eigenvalue weighted by molar-refractivity contribution is -0.142. The Morgan fingerprint density at radius 1 is 1.33 bits per heavy atom. The van der Waals surface area contributed by atoms with Crippen molar-refractivity contribution < 1.29 is 14.3 Å². The number of hydrogen-bond donors (Lipinski definition) is 1. The molecule has 1 amide bonds. The van der Waals surface area contributed by atoms with Crippen molar-refractivity contribution in [3.05, 3.63) is 0 Å². The third-order valence-corrected chi connectivity index (χ3v) is 3.79. The molecule has 0 aromatic heterocycles. The van der Waals surface area contributed by atoms with Crippen LogP contribution in [-0.4, -0.2) is 38.4 Å². The molecule has 1 aliphatic rings. The molecule has 1 N–H and O–H groups in total. The summed E-state index contributed by atoms with van der Waals surface area (Å²) < 4.78 is 10.8. The minimum atomic E-state index is -0.748. The van der Waals surface area contributed by atoms with Crippen LogP contribution in [0.5, 0.6) is 0 Å². The molecule has 0 aromatic rings. The molecule has 1 rings (SSSR count). The van der Waals surface area contributed by atoms with Crippen LogP contribution < -0.4 is 5.32 Å². The van der Waals surface area contributed by atoms with Gasteiger partial charge >= 0.3 is 0 Å². The van der Waals surface area contributed by atoms with E-state index in [4.69, 9.17) is 9.47 Å². The first kappa shape index (κ1) is 15.4. The normalized spacial score (nSPS) is 18.9. The number of carbonyl (C=O) groups is 1. The van der Waals surface area contributed by atoms with Crippen molar-refractivity contribution in [1.29, 1.82) is 0 Å². The van der Waals surface area contributed by atoms with Gasteiger partial charge in [-0.15, -0.1) is 0 Å². The summed E-state index contributed by atoms with van der Waals surface area (Å²) in [6, 6.07) is 0. The summed E-state index contributed by atoms with van der Waals surface area (Å²) in [5.74, 6) is -0.0354. The van der Waals surface area contributed by atoms with Crippen LogP contribution in [0.2, 0.25) is 0 Å². The van der Waals surface area contributed by atoms with Gasteiger partial charge in [0.05, 0.1) is 6.61 Å². The number of nitrogens with one attached hydrogen (secondary N) is 1. The lowest BCUT2D eigenvalue weighted by Gasteiger charge is -2.31. The SMILES string of the molecule is CCOC(C)(C)C(=O)NCC1(COC)CCCC1. The van der Waals surface area contributed by atoms with Crippen LogP contribution >= 0.6 is 0 Å². The second-order valence-corrected chi connectivity index (χ2v) is 5.77. The number of rotatable bonds is 7. The number of methoxy groups -OCH3 is 1. The molecule has 1 fully saturated rings. The molecular formula is C14H27NO3. The summed E-state index contributed by atoms with van der Waals surface area (Å²) in [6.07, 6.45) is 4.73. The third-order valence-electron chi connectivity index (χ3n) is 3.79. The molecule has 106 valence electrons. The van der Waals surface area contributed by atoms with Crippen LogP contribution in [0.1, 0.15) is 46.5 Å². The Balaban J connectivity index is 2.49. The second kappa shape index (κ2) is 6.53. The quantitative estimate of drug-likeness (QED) is 0.760. The summed E-state index contributed by atoms with van der Waals surface area (Å²) in [4.78, 5) is 12.1. The minimum absolute atomic E-state index is 0.0354. The molecule has 0 heterocycles. The monoisotopic (exact) mass is 257 g/mol. The molecule has 0 unspecified atom stereocenters. The van der Waals surface area contributed by atoms with E-state index in [1.54, 1.807) is 7.11 Å². The molecule has 0 aromatic carbocycles. The molecule has 0 atom stereocenters. The number of hydrogen-bond acceptors (Lipinski definition) is 3. The maximum atomic E-state index is 12.1. The van der Waals surface area contributed by atoms with E-state index >= 15 is 0 Å². The first-order chi connectivity index (χ1) is 8.46. The first-order valence-corrected chi connectivity index (χ1v) is 6.87.